The lowest BCUT2D eigenvalue weighted by Gasteiger charge is -2.25. The number of aliphatic imine (C=N–C) groups is 1. The Morgan fingerprint density at radius 2 is 2.11 bits per heavy atom. The second kappa shape index (κ2) is 15.1. The molecule has 1 fully saturated rings. The molecule has 1 aromatic rings. The lowest BCUT2D eigenvalue weighted by Crippen LogP contribution is -3.00. The van der Waals surface area contributed by atoms with Crippen LogP contribution in [0.3, 0.4) is 0 Å². The van der Waals surface area contributed by atoms with E-state index in [1.807, 2.05) is 13.0 Å². The second-order valence-electron chi connectivity index (χ2n) is 8.70. The first-order valence-electron chi connectivity index (χ1n) is 12.3. The van der Waals surface area contributed by atoms with E-state index >= 15 is 0 Å². The molecule has 0 spiro atoms. The van der Waals surface area contributed by atoms with Crippen LogP contribution in [0.1, 0.15) is 68.0 Å². The Hall–Kier alpha value is -2.14. The monoisotopic (exact) mass is 527 g/mol. The van der Waals surface area contributed by atoms with Gasteiger partial charge in [-0.25, -0.2) is 14.9 Å². The quantitative estimate of drug-likeness (QED) is 0.244. The van der Waals surface area contributed by atoms with E-state index in [9.17, 15) is 9.59 Å². The van der Waals surface area contributed by atoms with E-state index in [1.54, 1.807) is 11.3 Å². The van der Waals surface area contributed by atoms with Gasteiger partial charge in [-0.3, -0.25) is 9.63 Å². The van der Waals surface area contributed by atoms with Crippen LogP contribution < -0.4 is 29.2 Å². The summed E-state index contributed by atoms with van der Waals surface area (Å²) < 4.78 is 5.26. The average molecular weight is 528 g/mol. The third-order valence-electron chi connectivity index (χ3n) is 5.78. The minimum Gasteiger partial charge on any atom is -1.00 e. The Morgan fingerprint density at radius 3 is 2.80 bits per heavy atom. The molecule has 0 aromatic carbocycles. The molecule has 11 heteroatoms. The van der Waals surface area contributed by atoms with Crippen molar-refractivity contribution in [3.63, 3.8) is 0 Å². The summed E-state index contributed by atoms with van der Waals surface area (Å²) in [5, 5.41) is 4.03. The number of rotatable bonds is 13. The number of hydroxylamine groups is 2. The van der Waals surface area contributed by atoms with E-state index in [-0.39, 0.29) is 44.0 Å². The fourth-order valence-electron chi connectivity index (χ4n) is 3.73. The number of carbonyl (C=O) groups is 2. The highest BCUT2D eigenvalue weighted by molar-refractivity contribution is 7.13. The Labute approximate surface area is 217 Å². The summed E-state index contributed by atoms with van der Waals surface area (Å²) in [4.78, 5) is 37.5. The Balaban J connectivity index is 0.00000432. The van der Waals surface area contributed by atoms with Crippen LogP contribution in [-0.4, -0.2) is 55.2 Å². The first-order valence-corrected chi connectivity index (χ1v) is 13.2. The molecule has 1 aliphatic carbocycles. The van der Waals surface area contributed by atoms with Crippen LogP contribution in [0.15, 0.2) is 16.6 Å². The number of amides is 2. The lowest BCUT2D eigenvalue weighted by atomic mass is 9.96. The number of hydrogen-bond acceptors (Lipinski definition) is 7. The van der Waals surface area contributed by atoms with E-state index in [2.05, 4.69) is 22.1 Å². The molecule has 0 bridgehead atoms. The van der Waals surface area contributed by atoms with Crippen molar-refractivity contribution < 1.29 is 37.3 Å². The van der Waals surface area contributed by atoms with Gasteiger partial charge in [0.25, 0.3) is 5.91 Å². The summed E-state index contributed by atoms with van der Waals surface area (Å²) in [6.45, 7) is 3.81. The van der Waals surface area contributed by atoms with Crippen molar-refractivity contribution >= 4 is 40.9 Å². The van der Waals surface area contributed by atoms with Crippen molar-refractivity contribution in [1.29, 1.82) is 0 Å². The smallest absolute Gasteiger partial charge is 0.407 e. The van der Waals surface area contributed by atoms with Crippen LogP contribution in [0.5, 0.6) is 0 Å². The molecule has 2 amide bonds. The molecule has 0 radical (unpaired) electrons. The topological polar surface area (TPSA) is 134 Å². The molecule has 2 heterocycles. The van der Waals surface area contributed by atoms with Gasteiger partial charge in [0.1, 0.15) is 11.9 Å². The van der Waals surface area contributed by atoms with Gasteiger partial charge in [0, 0.05) is 30.0 Å². The molecule has 2 aliphatic rings. The highest BCUT2D eigenvalue weighted by Gasteiger charge is 2.24. The average Bonchev–Trinajstić information content (AvgIpc) is 3.08. The van der Waals surface area contributed by atoms with Gasteiger partial charge in [-0.2, -0.15) is 0 Å². The summed E-state index contributed by atoms with van der Waals surface area (Å²) in [7, 11) is 0. The number of nitrogens with zero attached hydrogens (tertiary/aromatic N) is 2. The first-order chi connectivity index (χ1) is 16.5. The minimum atomic E-state index is -0.440. The molecule has 6 N–H and O–H groups in total. The summed E-state index contributed by atoms with van der Waals surface area (Å²) in [5.41, 5.74) is 11.4. The van der Waals surface area contributed by atoms with Crippen LogP contribution in [0.25, 0.3) is 6.08 Å². The SMILES string of the molecule is CCCN(OCCNC(=O)OC1CCC1)C(=O)C1=Cc2sc(CCCCC[NH3+])cc2N=C(N)C1.[Cl-]. The fourth-order valence-corrected chi connectivity index (χ4v) is 4.84. The van der Waals surface area contributed by atoms with Gasteiger partial charge in [-0.1, -0.05) is 6.92 Å². The number of carbonyl (C=O) groups excluding carboxylic acids is 2. The maximum atomic E-state index is 13.3. The van der Waals surface area contributed by atoms with Crippen LogP contribution in [0, 0.1) is 0 Å². The number of halogens is 1. The number of unbranched alkanes of at least 4 members (excludes halogenated alkanes) is 2. The predicted octanol–water partition coefficient (Wildman–Crippen LogP) is -0.0685. The predicted molar refractivity (Wildman–Crippen MR) is 134 cm³/mol. The molecule has 1 saturated carbocycles. The van der Waals surface area contributed by atoms with Crippen molar-refractivity contribution in [2.45, 2.75) is 70.8 Å². The van der Waals surface area contributed by atoms with Gasteiger partial charge in [-0.15, -0.1) is 11.3 Å². The number of ether oxygens (including phenoxy) is 1. The zero-order valence-corrected chi connectivity index (χ0v) is 22.1. The van der Waals surface area contributed by atoms with Crippen molar-refractivity contribution in [3.8, 4) is 0 Å². The molecule has 196 valence electrons. The zero-order chi connectivity index (χ0) is 24.3. The van der Waals surface area contributed by atoms with Crippen molar-refractivity contribution in [3.05, 3.63) is 21.4 Å². The highest BCUT2D eigenvalue weighted by atomic mass is 35.5. The van der Waals surface area contributed by atoms with E-state index in [1.165, 1.54) is 9.94 Å². The lowest BCUT2D eigenvalue weighted by molar-refractivity contribution is -0.368. The normalized spacial score (nSPS) is 15.0. The number of amidine groups is 1. The van der Waals surface area contributed by atoms with Gasteiger partial charge in [-0.05, 0) is 63.5 Å². The molecule has 1 aliphatic heterocycles. The van der Waals surface area contributed by atoms with Gasteiger partial charge >= 0.3 is 6.09 Å². The van der Waals surface area contributed by atoms with Gasteiger partial charge in [0.15, 0.2) is 0 Å². The first kappa shape index (κ1) is 29.1. The van der Waals surface area contributed by atoms with E-state index in [0.717, 1.165) is 68.5 Å². The zero-order valence-electron chi connectivity index (χ0n) is 20.5. The number of aryl methyl sites for hydroxylation is 1. The standard InChI is InChI=1S/C24H37N5O4S.ClH/c1-2-12-29(32-13-11-27-24(31)33-18-7-6-8-18)23(30)17-14-21-20(28-22(26)15-17)16-19(34-21)9-4-3-5-10-25;/h14,16,18H,2-13,15,25H2,1H3,(H2,26,28)(H,27,31);1H. The van der Waals surface area contributed by atoms with Gasteiger partial charge in [0.2, 0.25) is 0 Å². The summed E-state index contributed by atoms with van der Waals surface area (Å²) >= 11 is 1.66. The van der Waals surface area contributed by atoms with Crippen molar-refractivity contribution in [2.24, 2.45) is 10.7 Å². The van der Waals surface area contributed by atoms with Crippen LogP contribution in [-0.2, 0) is 20.8 Å². The van der Waals surface area contributed by atoms with Gasteiger partial charge < -0.3 is 33.9 Å². The number of alkyl carbamates (subject to hydrolysis) is 1. The molecule has 1 aromatic heterocycles. The maximum Gasteiger partial charge on any atom is 0.407 e. The Morgan fingerprint density at radius 1 is 1.31 bits per heavy atom. The van der Waals surface area contributed by atoms with Crippen molar-refractivity contribution in [2.75, 3.05) is 26.2 Å². The highest BCUT2D eigenvalue weighted by Crippen LogP contribution is 2.35. The van der Waals surface area contributed by atoms with E-state index in [0.29, 0.717) is 18.0 Å². The number of nitrogens with two attached hydrogens (primary N) is 1. The maximum absolute atomic E-state index is 13.3. The Kier molecular flexibility index (Phi) is 12.5. The van der Waals surface area contributed by atoms with Gasteiger partial charge in [0.05, 0.1) is 23.7 Å². The number of fused-ring (bicyclic) bond motifs is 1. The number of thiophene rings is 1. The summed E-state index contributed by atoms with van der Waals surface area (Å²) in [6, 6.07) is 2.08. The summed E-state index contributed by atoms with van der Waals surface area (Å²) in [5.74, 6) is 0.187. The molecular formula is C24H38ClN5O4S. The van der Waals surface area contributed by atoms with Crippen LogP contribution >= 0.6 is 11.3 Å². The number of hydrogen-bond donors (Lipinski definition) is 3. The third-order valence-corrected chi connectivity index (χ3v) is 6.91. The van der Waals surface area contributed by atoms with Crippen molar-refractivity contribution in [1.82, 2.24) is 10.4 Å². The molecule has 9 nitrogen and oxygen atoms in total. The fraction of sp³-hybridized carbons (Fsp3) is 0.625. The van der Waals surface area contributed by atoms with E-state index in [4.69, 9.17) is 15.3 Å². The number of quaternary nitrogens is 1. The second-order valence-corrected chi connectivity index (χ2v) is 9.87. The molecule has 0 unspecified atom stereocenters. The largest absolute Gasteiger partial charge is 1.00 e. The molecule has 0 saturated heterocycles. The third kappa shape index (κ3) is 9.10. The minimum absolute atomic E-state index is 0. The van der Waals surface area contributed by atoms with Crippen LogP contribution in [0.2, 0.25) is 0 Å². The molecular weight excluding hydrogens is 490 g/mol. The molecule has 0 atom stereocenters. The molecule has 3 rings (SSSR count). The summed E-state index contributed by atoms with van der Waals surface area (Å²) in [6.07, 6.45) is 9.85. The molecule has 35 heavy (non-hydrogen) atoms. The van der Waals surface area contributed by atoms with E-state index < -0.39 is 6.09 Å². The van der Waals surface area contributed by atoms with Crippen LogP contribution in [0.4, 0.5) is 10.5 Å². The Bertz CT molecular complexity index is 900. The number of nitrogens with one attached hydrogen (secondary N) is 1.